The summed E-state index contributed by atoms with van der Waals surface area (Å²) in [5, 5.41) is 4.89. The van der Waals surface area contributed by atoms with Crippen LogP contribution in [-0.4, -0.2) is 17.7 Å². The summed E-state index contributed by atoms with van der Waals surface area (Å²) in [4.78, 5) is 0. The molecule has 0 atom stereocenters. The van der Waals surface area contributed by atoms with Crippen molar-refractivity contribution >= 4 is 10.9 Å². The molecule has 2 rings (SSSR count). The molecular formula is C17H26N2. The zero-order valence-electron chi connectivity index (χ0n) is 12.3. The first-order valence-electron chi connectivity index (χ1n) is 7.57. The zero-order chi connectivity index (χ0) is 13.5. The Morgan fingerprint density at radius 2 is 1.95 bits per heavy atom. The van der Waals surface area contributed by atoms with Crippen molar-refractivity contribution in [2.45, 2.75) is 46.1 Å². The molecule has 0 aliphatic rings. The highest BCUT2D eigenvalue weighted by molar-refractivity contribution is 5.80. The summed E-state index contributed by atoms with van der Waals surface area (Å²) in [7, 11) is 0. The number of hydrogen-bond donors (Lipinski definition) is 1. The second kappa shape index (κ2) is 7.34. The number of nitrogens with zero attached hydrogens (tertiary/aromatic N) is 1. The fourth-order valence-electron chi connectivity index (χ4n) is 2.52. The van der Waals surface area contributed by atoms with E-state index < -0.39 is 0 Å². The van der Waals surface area contributed by atoms with Gasteiger partial charge in [-0.2, -0.15) is 0 Å². The molecule has 1 heterocycles. The SMILES string of the molecule is CCCCCCNCCn1ccc2cc(C)ccc21. The Kier molecular flexibility index (Phi) is 5.46. The van der Waals surface area contributed by atoms with Gasteiger partial charge in [0, 0.05) is 24.8 Å². The highest BCUT2D eigenvalue weighted by Gasteiger charge is 2.00. The molecule has 0 aliphatic carbocycles. The van der Waals surface area contributed by atoms with Crippen LogP contribution in [0.15, 0.2) is 30.5 Å². The number of rotatable bonds is 8. The minimum absolute atomic E-state index is 1.06. The van der Waals surface area contributed by atoms with Crippen molar-refractivity contribution < 1.29 is 0 Å². The lowest BCUT2D eigenvalue weighted by Gasteiger charge is -2.07. The van der Waals surface area contributed by atoms with E-state index in [-0.39, 0.29) is 0 Å². The summed E-state index contributed by atoms with van der Waals surface area (Å²) in [6.45, 7) is 7.67. The van der Waals surface area contributed by atoms with Gasteiger partial charge in [-0.3, -0.25) is 0 Å². The smallest absolute Gasteiger partial charge is 0.0480 e. The third-order valence-corrected chi connectivity index (χ3v) is 3.66. The topological polar surface area (TPSA) is 17.0 Å². The maximum absolute atomic E-state index is 3.54. The van der Waals surface area contributed by atoms with Crippen molar-refractivity contribution in [3.63, 3.8) is 0 Å². The molecule has 1 N–H and O–H groups in total. The van der Waals surface area contributed by atoms with Crippen molar-refractivity contribution in [3.05, 3.63) is 36.0 Å². The number of aryl methyl sites for hydroxylation is 1. The van der Waals surface area contributed by atoms with Crippen LogP contribution in [0.5, 0.6) is 0 Å². The molecule has 0 saturated carbocycles. The van der Waals surface area contributed by atoms with Crippen LogP contribution in [0, 0.1) is 6.92 Å². The van der Waals surface area contributed by atoms with E-state index in [1.807, 2.05) is 0 Å². The predicted octanol–water partition coefficient (Wildman–Crippen LogP) is 4.12. The number of fused-ring (bicyclic) bond motifs is 1. The van der Waals surface area contributed by atoms with E-state index in [1.54, 1.807) is 0 Å². The van der Waals surface area contributed by atoms with Crippen molar-refractivity contribution in [1.82, 2.24) is 9.88 Å². The van der Waals surface area contributed by atoms with Gasteiger partial charge >= 0.3 is 0 Å². The minimum Gasteiger partial charge on any atom is -0.346 e. The molecular weight excluding hydrogens is 232 g/mol. The van der Waals surface area contributed by atoms with Gasteiger partial charge in [-0.15, -0.1) is 0 Å². The second-order valence-corrected chi connectivity index (χ2v) is 5.38. The molecule has 1 aromatic heterocycles. The van der Waals surface area contributed by atoms with Gasteiger partial charge in [-0.05, 0) is 43.5 Å². The average molecular weight is 258 g/mol. The lowest BCUT2D eigenvalue weighted by Crippen LogP contribution is -2.20. The fraction of sp³-hybridized carbons (Fsp3) is 0.529. The first-order chi connectivity index (χ1) is 9.31. The summed E-state index contributed by atoms with van der Waals surface area (Å²) in [5.74, 6) is 0. The van der Waals surface area contributed by atoms with Gasteiger partial charge in [0.15, 0.2) is 0 Å². The predicted molar refractivity (Wildman–Crippen MR) is 83.7 cm³/mol. The van der Waals surface area contributed by atoms with Gasteiger partial charge < -0.3 is 9.88 Å². The monoisotopic (exact) mass is 258 g/mol. The molecule has 19 heavy (non-hydrogen) atoms. The van der Waals surface area contributed by atoms with Crippen LogP contribution in [0.3, 0.4) is 0 Å². The van der Waals surface area contributed by atoms with E-state index in [9.17, 15) is 0 Å². The van der Waals surface area contributed by atoms with Crippen molar-refractivity contribution in [2.24, 2.45) is 0 Å². The Morgan fingerprint density at radius 1 is 1.05 bits per heavy atom. The van der Waals surface area contributed by atoms with Crippen LogP contribution >= 0.6 is 0 Å². The maximum Gasteiger partial charge on any atom is 0.0480 e. The van der Waals surface area contributed by atoms with Gasteiger partial charge in [0.05, 0.1) is 0 Å². The highest BCUT2D eigenvalue weighted by atomic mass is 15.0. The molecule has 0 unspecified atom stereocenters. The Balaban J connectivity index is 1.76. The van der Waals surface area contributed by atoms with E-state index >= 15 is 0 Å². The Morgan fingerprint density at radius 3 is 2.79 bits per heavy atom. The molecule has 2 aromatic rings. The van der Waals surface area contributed by atoms with E-state index in [2.05, 4.69) is 54.2 Å². The van der Waals surface area contributed by atoms with Crippen molar-refractivity contribution in [1.29, 1.82) is 0 Å². The highest BCUT2D eigenvalue weighted by Crippen LogP contribution is 2.16. The fourth-order valence-corrected chi connectivity index (χ4v) is 2.52. The zero-order valence-corrected chi connectivity index (χ0v) is 12.3. The molecule has 0 aliphatic heterocycles. The molecule has 0 amide bonds. The molecule has 2 heteroatoms. The van der Waals surface area contributed by atoms with Crippen LogP contribution in [0.1, 0.15) is 38.2 Å². The lowest BCUT2D eigenvalue weighted by molar-refractivity contribution is 0.567. The van der Waals surface area contributed by atoms with E-state index in [0.29, 0.717) is 0 Å². The van der Waals surface area contributed by atoms with Gasteiger partial charge in [-0.1, -0.05) is 37.8 Å². The Bertz CT molecular complexity index is 499. The third kappa shape index (κ3) is 4.10. The third-order valence-electron chi connectivity index (χ3n) is 3.66. The summed E-state index contributed by atoms with van der Waals surface area (Å²) in [6.07, 6.45) is 7.54. The number of benzene rings is 1. The first-order valence-corrected chi connectivity index (χ1v) is 7.57. The number of nitrogens with one attached hydrogen (secondary N) is 1. The van der Waals surface area contributed by atoms with E-state index in [1.165, 1.54) is 42.1 Å². The first kappa shape index (κ1) is 14.1. The second-order valence-electron chi connectivity index (χ2n) is 5.38. The maximum atomic E-state index is 3.54. The Hall–Kier alpha value is -1.28. The summed E-state index contributed by atoms with van der Waals surface area (Å²) >= 11 is 0. The van der Waals surface area contributed by atoms with Gasteiger partial charge in [0.25, 0.3) is 0 Å². The molecule has 0 radical (unpaired) electrons. The van der Waals surface area contributed by atoms with Gasteiger partial charge in [-0.25, -0.2) is 0 Å². The van der Waals surface area contributed by atoms with E-state index in [0.717, 1.165) is 19.6 Å². The van der Waals surface area contributed by atoms with Crippen LogP contribution in [0.2, 0.25) is 0 Å². The minimum atomic E-state index is 1.06. The number of hydrogen-bond acceptors (Lipinski definition) is 1. The molecule has 1 aromatic carbocycles. The van der Waals surface area contributed by atoms with Gasteiger partial charge in [0.1, 0.15) is 0 Å². The van der Waals surface area contributed by atoms with Gasteiger partial charge in [0.2, 0.25) is 0 Å². The number of aromatic nitrogens is 1. The average Bonchev–Trinajstić information content (AvgIpc) is 2.80. The normalized spacial score (nSPS) is 11.3. The Labute approximate surface area is 116 Å². The molecule has 0 bridgehead atoms. The lowest BCUT2D eigenvalue weighted by atomic mass is 10.2. The molecule has 0 spiro atoms. The quantitative estimate of drug-likeness (QED) is 0.705. The van der Waals surface area contributed by atoms with Crippen molar-refractivity contribution in [3.8, 4) is 0 Å². The van der Waals surface area contributed by atoms with Crippen molar-refractivity contribution in [2.75, 3.05) is 13.1 Å². The van der Waals surface area contributed by atoms with Crippen LogP contribution in [0.25, 0.3) is 10.9 Å². The summed E-state index contributed by atoms with van der Waals surface area (Å²) in [6, 6.07) is 8.89. The standard InChI is InChI=1S/C17H26N2/c1-3-4-5-6-10-18-11-13-19-12-9-16-14-15(2)7-8-17(16)19/h7-9,12,14,18H,3-6,10-11,13H2,1-2H3. The molecule has 0 saturated heterocycles. The summed E-state index contributed by atoms with van der Waals surface area (Å²) < 4.78 is 2.34. The van der Waals surface area contributed by atoms with Crippen LogP contribution < -0.4 is 5.32 Å². The van der Waals surface area contributed by atoms with E-state index in [4.69, 9.17) is 0 Å². The largest absolute Gasteiger partial charge is 0.346 e. The van der Waals surface area contributed by atoms with Crippen LogP contribution in [-0.2, 0) is 6.54 Å². The number of unbranched alkanes of at least 4 members (excludes halogenated alkanes) is 3. The summed E-state index contributed by atoms with van der Waals surface area (Å²) in [5.41, 5.74) is 2.68. The molecule has 2 nitrogen and oxygen atoms in total. The molecule has 0 fully saturated rings. The van der Waals surface area contributed by atoms with Crippen LogP contribution in [0.4, 0.5) is 0 Å². The molecule has 104 valence electrons.